The first-order valence-corrected chi connectivity index (χ1v) is 6.94. The van der Waals surface area contributed by atoms with Crippen molar-refractivity contribution < 1.29 is 0 Å². The second kappa shape index (κ2) is 5.06. The average molecular weight is 286 g/mol. The molecule has 0 aromatic carbocycles. The van der Waals surface area contributed by atoms with E-state index in [2.05, 4.69) is 35.3 Å². The molecule has 0 aliphatic carbocycles. The summed E-state index contributed by atoms with van der Waals surface area (Å²) in [6.07, 6.45) is 2.74. The third kappa shape index (κ3) is 2.62. The highest BCUT2D eigenvalue weighted by atomic mass is 35.5. The van der Waals surface area contributed by atoms with Gasteiger partial charge in [0.15, 0.2) is 5.65 Å². The Balaban J connectivity index is 2.53. The molecular formula is C13H17Cl2N3. The maximum absolute atomic E-state index is 5.97. The van der Waals surface area contributed by atoms with Gasteiger partial charge in [-0.25, -0.2) is 9.97 Å². The van der Waals surface area contributed by atoms with Crippen molar-refractivity contribution in [3.8, 4) is 0 Å². The molecule has 0 fully saturated rings. The summed E-state index contributed by atoms with van der Waals surface area (Å²) in [5.41, 5.74) is 1.86. The van der Waals surface area contributed by atoms with Gasteiger partial charge in [0.1, 0.15) is 11.3 Å². The molecule has 0 unspecified atom stereocenters. The molecule has 0 saturated heterocycles. The Morgan fingerprint density at radius 3 is 2.72 bits per heavy atom. The Morgan fingerprint density at radius 1 is 1.39 bits per heavy atom. The number of aromatic nitrogens is 3. The smallest absolute Gasteiger partial charge is 0.160 e. The SMILES string of the molecule is CCC(C)(C)Cn1c(CCl)nc2cc(Cl)cnc21. The summed E-state index contributed by atoms with van der Waals surface area (Å²) >= 11 is 11.9. The summed E-state index contributed by atoms with van der Waals surface area (Å²) in [4.78, 5) is 8.87. The Hall–Kier alpha value is -0.800. The van der Waals surface area contributed by atoms with Crippen molar-refractivity contribution >= 4 is 34.4 Å². The molecule has 2 aromatic heterocycles. The lowest BCUT2D eigenvalue weighted by Crippen LogP contribution is -2.20. The minimum atomic E-state index is 0.190. The Kier molecular flexibility index (Phi) is 3.83. The summed E-state index contributed by atoms with van der Waals surface area (Å²) < 4.78 is 2.10. The zero-order chi connectivity index (χ0) is 13.3. The first kappa shape index (κ1) is 13.6. The van der Waals surface area contributed by atoms with Gasteiger partial charge in [-0.2, -0.15) is 0 Å². The second-order valence-corrected chi connectivity index (χ2v) is 5.97. The number of halogens is 2. The number of alkyl halides is 1. The second-order valence-electron chi connectivity index (χ2n) is 5.26. The summed E-state index contributed by atoms with van der Waals surface area (Å²) in [5.74, 6) is 1.23. The van der Waals surface area contributed by atoms with Crippen molar-refractivity contribution in [2.45, 2.75) is 39.6 Å². The fraction of sp³-hybridized carbons (Fsp3) is 0.538. The van der Waals surface area contributed by atoms with Gasteiger partial charge in [-0.3, -0.25) is 0 Å². The third-order valence-electron chi connectivity index (χ3n) is 3.29. The lowest BCUT2D eigenvalue weighted by Gasteiger charge is -2.24. The van der Waals surface area contributed by atoms with Gasteiger partial charge in [0.2, 0.25) is 0 Å². The van der Waals surface area contributed by atoms with Crippen molar-refractivity contribution in [3.63, 3.8) is 0 Å². The van der Waals surface area contributed by atoms with Gasteiger partial charge in [-0.05, 0) is 17.9 Å². The van der Waals surface area contributed by atoms with Gasteiger partial charge in [0.25, 0.3) is 0 Å². The van der Waals surface area contributed by atoms with Crippen LogP contribution in [0.25, 0.3) is 11.2 Å². The molecule has 98 valence electrons. The van der Waals surface area contributed by atoms with Gasteiger partial charge in [-0.1, -0.05) is 32.4 Å². The van der Waals surface area contributed by atoms with Crippen LogP contribution in [0, 0.1) is 5.41 Å². The van der Waals surface area contributed by atoms with Crippen LogP contribution >= 0.6 is 23.2 Å². The van der Waals surface area contributed by atoms with Crippen LogP contribution < -0.4 is 0 Å². The number of hydrogen-bond acceptors (Lipinski definition) is 2. The lowest BCUT2D eigenvalue weighted by molar-refractivity contribution is 0.294. The minimum Gasteiger partial charge on any atom is -0.311 e. The molecule has 0 N–H and O–H groups in total. The molecule has 0 amide bonds. The predicted molar refractivity (Wildman–Crippen MR) is 76.2 cm³/mol. The van der Waals surface area contributed by atoms with Gasteiger partial charge in [-0.15, -0.1) is 11.6 Å². The lowest BCUT2D eigenvalue weighted by atomic mass is 9.90. The topological polar surface area (TPSA) is 30.7 Å². The maximum atomic E-state index is 5.97. The number of rotatable bonds is 4. The molecular weight excluding hydrogens is 269 g/mol. The van der Waals surface area contributed by atoms with Crippen LogP contribution in [0.2, 0.25) is 5.02 Å². The molecule has 0 atom stereocenters. The van der Waals surface area contributed by atoms with E-state index < -0.39 is 0 Å². The van der Waals surface area contributed by atoms with Crippen LogP contribution in [0.3, 0.4) is 0 Å². The highest BCUT2D eigenvalue weighted by Crippen LogP contribution is 2.27. The van der Waals surface area contributed by atoms with E-state index in [-0.39, 0.29) is 5.41 Å². The number of nitrogens with zero attached hydrogens (tertiary/aromatic N) is 3. The molecule has 5 heteroatoms. The molecule has 3 nitrogen and oxygen atoms in total. The number of hydrogen-bond donors (Lipinski definition) is 0. The van der Waals surface area contributed by atoms with Crippen LogP contribution in [0.4, 0.5) is 0 Å². The van der Waals surface area contributed by atoms with E-state index in [0.717, 1.165) is 30.0 Å². The van der Waals surface area contributed by atoms with Crippen molar-refractivity contribution in [2.24, 2.45) is 5.41 Å². The molecule has 0 aliphatic rings. The highest BCUT2D eigenvalue weighted by molar-refractivity contribution is 6.31. The van der Waals surface area contributed by atoms with Crippen molar-refractivity contribution in [1.29, 1.82) is 0 Å². The number of imidazole rings is 1. The summed E-state index contributed by atoms with van der Waals surface area (Å²) in [6, 6.07) is 1.83. The van der Waals surface area contributed by atoms with Gasteiger partial charge >= 0.3 is 0 Å². The molecule has 2 aromatic rings. The Bertz CT molecular complexity index is 561. The van der Waals surface area contributed by atoms with E-state index >= 15 is 0 Å². The molecule has 2 rings (SSSR count). The summed E-state index contributed by atoms with van der Waals surface area (Å²) in [7, 11) is 0. The molecule has 0 aliphatic heterocycles. The molecule has 2 heterocycles. The van der Waals surface area contributed by atoms with Crippen LogP contribution in [-0.2, 0) is 12.4 Å². The molecule has 0 spiro atoms. The van der Waals surface area contributed by atoms with E-state index in [4.69, 9.17) is 23.2 Å². The average Bonchev–Trinajstić information content (AvgIpc) is 2.66. The molecule has 18 heavy (non-hydrogen) atoms. The Labute approximate surface area is 117 Å². The Morgan fingerprint density at radius 2 is 2.11 bits per heavy atom. The predicted octanol–water partition coefficient (Wildman–Crippen LogP) is 4.26. The minimum absolute atomic E-state index is 0.190. The van der Waals surface area contributed by atoms with E-state index in [1.165, 1.54) is 0 Å². The first-order chi connectivity index (χ1) is 8.46. The normalized spacial score (nSPS) is 12.3. The number of pyridine rings is 1. The first-order valence-electron chi connectivity index (χ1n) is 6.03. The molecule has 0 radical (unpaired) electrons. The zero-order valence-corrected chi connectivity index (χ0v) is 12.4. The van der Waals surface area contributed by atoms with Gasteiger partial charge < -0.3 is 4.57 Å². The van der Waals surface area contributed by atoms with Crippen LogP contribution in [0.5, 0.6) is 0 Å². The fourth-order valence-corrected chi connectivity index (χ4v) is 2.20. The monoisotopic (exact) mass is 285 g/mol. The fourth-order valence-electron chi connectivity index (χ4n) is 1.84. The standard InChI is InChI=1S/C13H17Cl2N3/c1-4-13(2,3)8-18-11(6-14)17-10-5-9(15)7-16-12(10)18/h5,7H,4,6,8H2,1-3H3. The van der Waals surface area contributed by atoms with Gasteiger partial charge in [0.05, 0.1) is 10.9 Å². The molecule has 0 bridgehead atoms. The highest BCUT2D eigenvalue weighted by Gasteiger charge is 2.20. The summed E-state index contributed by atoms with van der Waals surface area (Å²) in [5, 5.41) is 0.600. The van der Waals surface area contributed by atoms with Crippen molar-refractivity contribution in [2.75, 3.05) is 0 Å². The molecule has 0 saturated carbocycles. The van der Waals surface area contributed by atoms with Crippen LogP contribution in [0.1, 0.15) is 33.0 Å². The van der Waals surface area contributed by atoms with E-state index in [0.29, 0.717) is 10.9 Å². The maximum Gasteiger partial charge on any atom is 0.160 e. The zero-order valence-electron chi connectivity index (χ0n) is 10.9. The van der Waals surface area contributed by atoms with E-state index in [1.54, 1.807) is 6.20 Å². The van der Waals surface area contributed by atoms with Crippen molar-refractivity contribution in [3.05, 3.63) is 23.1 Å². The third-order valence-corrected chi connectivity index (χ3v) is 3.74. The largest absolute Gasteiger partial charge is 0.311 e. The summed E-state index contributed by atoms with van der Waals surface area (Å²) in [6.45, 7) is 7.50. The quantitative estimate of drug-likeness (QED) is 0.786. The van der Waals surface area contributed by atoms with E-state index in [9.17, 15) is 0 Å². The van der Waals surface area contributed by atoms with E-state index in [1.807, 2.05) is 6.07 Å². The van der Waals surface area contributed by atoms with Crippen molar-refractivity contribution in [1.82, 2.24) is 14.5 Å². The number of fused-ring (bicyclic) bond motifs is 1. The van der Waals surface area contributed by atoms with Crippen LogP contribution in [-0.4, -0.2) is 14.5 Å². The van der Waals surface area contributed by atoms with Gasteiger partial charge in [0, 0.05) is 12.7 Å². The van der Waals surface area contributed by atoms with Crippen LogP contribution in [0.15, 0.2) is 12.3 Å².